The van der Waals surface area contributed by atoms with Crippen LogP contribution in [0.2, 0.25) is 0 Å². The van der Waals surface area contributed by atoms with E-state index in [1.165, 1.54) is 24.8 Å². The highest BCUT2D eigenvalue weighted by molar-refractivity contribution is 5.40. The highest BCUT2D eigenvalue weighted by Gasteiger charge is 2.12. The fourth-order valence-corrected chi connectivity index (χ4v) is 2.28. The molecule has 3 nitrogen and oxygen atoms in total. The number of nitrogen functional groups attached to an aromatic ring is 1. The summed E-state index contributed by atoms with van der Waals surface area (Å²) in [4.78, 5) is 0. The molecule has 3 N–H and O–H groups in total. The Kier molecular flexibility index (Phi) is 4.83. The topological polar surface area (TPSA) is 47.3 Å². The first-order valence-corrected chi connectivity index (χ1v) is 6.47. The number of nitrogens with one attached hydrogen (secondary N) is 1. The van der Waals surface area contributed by atoms with Gasteiger partial charge in [0.15, 0.2) is 0 Å². The lowest BCUT2D eigenvalue weighted by atomic mass is 9.97. The van der Waals surface area contributed by atoms with Gasteiger partial charge < -0.3 is 15.8 Å². The van der Waals surface area contributed by atoms with E-state index in [1.807, 2.05) is 18.2 Å². The summed E-state index contributed by atoms with van der Waals surface area (Å²) in [6.45, 7) is 3.88. The number of anilines is 1. The molecule has 0 amide bonds. The van der Waals surface area contributed by atoms with Crippen molar-refractivity contribution in [3.8, 4) is 0 Å². The fourth-order valence-electron chi connectivity index (χ4n) is 2.28. The average molecular weight is 234 g/mol. The Labute approximate surface area is 103 Å². The van der Waals surface area contributed by atoms with Crippen LogP contribution in [0.3, 0.4) is 0 Å². The van der Waals surface area contributed by atoms with Crippen LogP contribution in [0.15, 0.2) is 24.3 Å². The highest BCUT2D eigenvalue weighted by Crippen LogP contribution is 2.17. The van der Waals surface area contributed by atoms with Crippen molar-refractivity contribution >= 4 is 5.69 Å². The second kappa shape index (κ2) is 6.62. The Bertz CT molecular complexity index is 335. The molecular weight excluding hydrogens is 212 g/mol. The molecular formula is C14H22N2O. The molecule has 1 heterocycles. The van der Waals surface area contributed by atoms with Crippen molar-refractivity contribution < 1.29 is 4.74 Å². The van der Waals surface area contributed by atoms with Gasteiger partial charge in [-0.2, -0.15) is 0 Å². The molecule has 0 bridgehead atoms. The summed E-state index contributed by atoms with van der Waals surface area (Å²) in [5.74, 6) is 0.845. The highest BCUT2D eigenvalue weighted by atomic mass is 16.5. The van der Waals surface area contributed by atoms with Gasteiger partial charge in [0.1, 0.15) is 0 Å². The van der Waals surface area contributed by atoms with Crippen LogP contribution >= 0.6 is 0 Å². The molecule has 0 spiro atoms. The Hall–Kier alpha value is -1.06. The molecule has 1 aliphatic rings. The van der Waals surface area contributed by atoms with Gasteiger partial charge in [0.2, 0.25) is 0 Å². The van der Waals surface area contributed by atoms with Gasteiger partial charge in [-0.05, 0) is 49.4 Å². The fraction of sp³-hybridized carbons (Fsp3) is 0.571. The van der Waals surface area contributed by atoms with Crippen molar-refractivity contribution in [3.63, 3.8) is 0 Å². The van der Waals surface area contributed by atoms with E-state index in [4.69, 9.17) is 10.5 Å². The first-order chi connectivity index (χ1) is 8.34. The minimum atomic E-state index is 0.841. The van der Waals surface area contributed by atoms with Crippen molar-refractivity contribution in [2.45, 2.75) is 25.8 Å². The quantitative estimate of drug-likeness (QED) is 0.606. The van der Waals surface area contributed by atoms with Gasteiger partial charge in [-0.3, -0.25) is 0 Å². The smallest absolute Gasteiger partial charge is 0.0468 e. The first-order valence-electron chi connectivity index (χ1n) is 6.47. The van der Waals surface area contributed by atoms with Gasteiger partial charge >= 0.3 is 0 Å². The van der Waals surface area contributed by atoms with E-state index in [9.17, 15) is 0 Å². The summed E-state index contributed by atoms with van der Waals surface area (Å²) >= 11 is 0. The summed E-state index contributed by atoms with van der Waals surface area (Å²) in [6.07, 6.45) is 3.70. The van der Waals surface area contributed by atoms with Gasteiger partial charge in [-0.25, -0.2) is 0 Å². The predicted octanol–water partition coefficient (Wildman–Crippen LogP) is 2.18. The molecule has 1 aromatic carbocycles. The summed E-state index contributed by atoms with van der Waals surface area (Å²) in [7, 11) is 0. The molecule has 1 aromatic rings. The van der Waals surface area contributed by atoms with Crippen LogP contribution in [0, 0.1) is 5.92 Å². The number of nitrogens with two attached hydrogens (primary N) is 1. The van der Waals surface area contributed by atoms with E-state index in [2.05, 4.69) is 11.4 Å². The van der Waals surface area contributed by atoms with Crippen LogP contribution in [0.5, 0.6) is 0 Å². The maximum absolute atomic E-state index is 5.74. The van der Waals surface area contributed by atoms with Crippen LogP contribution in [0.1, 0.15) is 24.8 Å². The molecule has 0 aromatic heterocycles. The third kappa shape index (κ3) is 4.36. The third-order valence-electron chi connectivity index (χ3n) is 3.35. The second-order valence-corrected chi connectivity index (χ2v) is 4.77. The molecule has 3 heteroatoms. The molecule has 0 aliphatic carbocycles. The predicted molar refractivity (Wildman–Crippen MR) is 70.7 cm³/mol. The summed E-state index contributed by atoms with van der Waals surface area (Å²) in [5.41, 5.74) is 7.84. The van der Waals surface area contributed by atoms with Gasteiger partial charge in [0.05, 0.1) is 0 Å². The minimum absolute atomic E-state index is 0.841. The van der Waals surface area contributed by atoms with E-state index < -0.39 is 0 Å². The zero-order valence-corrected chi connectivity index (χ0v) is 10.3. The van der Waals surface area contributed by atoms with Crippen molar-refractivity contribution in [2.75, 3.05) is 25.5 Å². The largest absolute Gasteiger partial charge is 0.399 e. The Morgan fingerprint density at radius 2 is 2.12 bits per heavy atom. The Morgan fingerprint density at radius 1 is 1.29 bits per heavy atom. The third-order valence-corrected chi connectivity index (χ3v) is 3.35. The Morgan fingerprint density at radius 3 is 2.88 bits per heavy atom. The van der Waals surface area contributed by atoms with Crippen molar-refractivity contribution in [1.29, 1.82) is 0 Å². The lowest BCUT2D eigenvalue weighted by molar-refractivity contribution is 0.0639. The molecule has 0 atom stereocenters. The van der Waals surface area contributed by atoms with Gasteiger partial charge in [-0.15, -0.1) is 0 Å². The van der Waals surface area contributed by atoms with E-state index >= 15 is 0 Å². The molecule has 2 rings (SSSR count). The number of hydrogen-bond donors (Lipinski definition) is 2. The first kappa shape index (κ1) is 12.4. The van der Waals surface area contributed by atoms with Crippen molar-refractivity contribution in [2.24, 2.45) is 5.92 Å². The van der Waals surface area contributed by atoms with Crippen LogP contribution in [-0.4, -0.2) is 19.8 Å². The van der Waals surface area contributed by atoms with Crippen LogP contribution in [0.4, 0.5) is 5.69 Å². The van der Waals surface area contributed by atoms with Gasteiger partial charge in [0.25, 0.3) is 0 Å². The van der Waals surface area contributed by atoms with E-state index in [1.54, 1.807) is 0 Å². The molecule has 1 fully saturated rings. The Balaban J connectivity index is 1.62. The molecule has 1 saturated heterocycles. The zero-order chi connectivity index (χ0) is 11.9. The van der Waals surface area contributed by atoms with Crippen LogP contribution in [0.25, 0.3) is 0 Å². The SMILES string of the molecule is Nc1cccc(CNCCC2CCOCC2)c1. The normalized spacial score (nSPS) is 17.2. The van der Waals surface area contributed by atoms with Gasteiger partial charge in [0, 0.05) is 25.4 Å². The van der Waals surface area contributed by atoms with Crippen LogP contribution in [-0.2, 0) is 11.3 Å². The maximum Gasteiger partial charge on any atom is 0.0468 e. The number of benzene rings is 1. The standard InChI is InChI=1S/C14H22N2O/c15-14-3-1-2-13(10-14)11-16-7-4-12-5-8-17-9-6-12/h1-3,10,12,16H,4-9,11,15H2. The molecule has 94 valence electrons. The number of hydrogen-bond acceptors (Lipinski definition) is 3. The summed E-state index contributed by atoms with van der Waals surface area (Å²) in [6, 6.07) is 8.07. The van der Waals surface area contributed by atoms with Gasteiger partial charge in [-0.1, -0.05) is 12.1 Å². The molecule has 1 aliphatic heterocycles. The summed E-state index contributed by atoms with van der Waals surface area (Å²) in [5, 5.41) is 3.48. The van der Waals surface area contributed by atoms with Crippen molar-refractivity contribution in [1.82, 2.24) is 5.32 Å². The molecule has 0 saturated carbocycles. The lowest BCUT2D eigenvalue weighted by Crippen LogP contribution is -2.22. The second-order valence-electron chi connectivity index (χ2n) is 4.77. The zero-order valence-electron chi connectivity index (χ0n) is 10.3. The average Bonchev–Trinajstić information content (AvgIpc) is 2.36. The minimum Gasteiger partial charge on any atom is -0.399 e. The number of rotatable bonds is 5. The van der Waals surface area contributed by atoms with Crippen LogP contribution < -0.4 is 11.1 Å². The van der Waals surface area contributed by atoms with E-state index in [0.717, 1.165) is 37.9 Å². The number of ether oxygens (including phenoxy) is 1. The molecule has 0 unspecified atom stereocenters. The molecule has 0 radical (unpaired) electrons. The van der Waals surface area contributed by atoms with E-state index in [0.29, 0.717) is 0 Å². The lowest BCUT2D eigenvalue weighted by Gasteiger charge is -2.21. The maximum atomic E-state index is 5.74. The molecule has 17 heavy (non-hydrogen) atoms. The summed E-state index contributed by atoms with van der Waals surface area (Å²) < 4.78 is 5.35. The monoisotopic (exact) mass is 234 g/mol. The van der Waals surface area contributed by atoms with Crippen molar-refractivity contribution in [3.05, 3.63) is 29.8 Å². The van der Waals surface area contributed by atoms with E-state index in [-0.39, 0.29) is 0 Å².